The highest BCUT2D eigenvalue weighted by Crippen LogP contribution is 2.33. The standard InChI is InChI=1S/C16H15F3N4/c1-15(2)8-3-4-10(7-9-15)11-5-6-12(16(17,18)19)23-13(11)21-14(20)22-23/h3-9H,1-2H3,(H2,20,22). The third kappa shape index (κ3) is 2.86. The number of fused-ring (bicyclic) bond motifs is 1. The molecule has 0 atom stereocenters. The molecule has 0 amide bonds. The summed E-state index contributed by atoms with van der Waals surface area (Å²) < 4.78 is 40.0. The van der Waals surface area contributed by atoms with Gasteiger partial charge in [-0.05, 0) is 17.7 Å². The number of nitrogen functional groups attached to an aromatic ring is 1. The van der Waals surface area contributed by atoms with Gasteiger partial charge in [-0.3, -0.25) is 0 Å². The molecule has 0 aromatic carbocycles. The van der Waals surface area contributed by atoms with Crippen molar-refractivity contribution >= 4 is 17.2 Å². The van der Waals surface area contributed by atoms with Crippen molar-refractivity contribution in [2.75, 3.05) is 5.73 Å². The number of hydrogen-bond donors (Lipinski definition) is 1. The van der Waals surface area contributed by atoms with Crippen molar-refractivity contribution in [1.29, 1.82) is 0 Å². The van der Waals surface area contributed by atoms with Crippen LogP contribution in [0.25, 0.3) is 11.2 Å². The summed E-state index contributed by atoms with van der Waals surface area (Å²) in [5, 5.41) is 3.68. The van der Waals surface area contributed by atoms with Gasteiger partial charge in [-0.25, -0.2) is 4.52 Å². The van der Waals surface area contributed by atoms with Crippen molar-refractivity contribution in [2.24, 2.45) is 5.41 Å². The number of halogens is 3. The number of rotatable bonds is 1. The molecule has 0 radical (unpaired) electrons. The zero-order chi connectivity index (χ0) is 16.8. The second-order valence-electron chi connectivity index (χ2n) is 5.97. The number of pyridine rings is 1. The molecule has 2 N–H and O–H groups in total. The van der Waals surface area contributed by atoms with Crippen molar-refractivity contribution in [3.8, 4) is 0 Å². The Morgan fingerprint density at radius 3 is 2.61 bits per heavy atom. The second kappa shape index (κ2) is 4.97. The van der Waals surface area contributed by atoms with Crippen LogP contribution in [0.1, 0.15) is 25.1 Å². The molecule has 2 aromatic heterocycles. The molecule has 1 aliphatic carbocycles. The Labute approximate surface area is 130 Å². The maximum Gasteiger partial charge on any atom is 0.433 e. The van der Waals surface area contributed by atoms with Crippen LogP contribution in [0, 0.1) is 5.41 Å². The lowest BCUT2D eigenvalue weighted by molar-refractivity contribution is -0.142. The minimum Gasteiger partial charge on any atom is -0.366 e. The highest BCUT2D eigenvalue weighted by atomic mass is 19.4. The van der Waals surface area contributed by atoms with Gasteiger partial charge >= 0.3 is 6.18 Å². The molecule has 2 heterocycles. The quantitative estimate of drug-likeness (QED) is 0.868. The van der Waals surface area contributed by atoms with Crippen LogP contribution in [0.4, 0.5) is 19.1 Å². The van der Waals surface area contributed by atoms with E-state index in [1.54, 1.807) is 0 Å². The molecule has 7 heteroatoms. The molecule has 3 rings (SSSR count). The molecule has 4 nitrogen and oxygen atoms in total. The molecule has 120 valence electrons. The molecule has 0 aliphatic heterocycles. The number of allylic oxidation sites excluding steroid dienone is 6. The van der Waals surface area contributed by atoms with Gasteiger partial charge in [-0.15, -0.1) is 5.10 Å². The Bertz CT molecular complexity index is 854. The normalized spacial score (nSPS) is 17.3. The average Bonchev–Trinajstić information content (AvgIpc) is 2.71. The molecule has 0 spiro atoms. The Morgan fingerprint density at radius 2 is 1.91 bits per heavy atom. The van der Waals surface area contributed by atoms with Gasteiger partial charge in [-0.2, -0.15) is 18.2 Å². The van der Waals surface area contributed by atoms with Gasteiger partial charge in [0.2, 0.25) is 5.95 Å². The molecule has 0 unspecified atom stereocenters. The van der Waals surface area contributed by atoms with Crippen LogP contribution in [0.15, 0.2) is 42.5 Å². The first-order chi connectivity index (χ1) is 10.7. The third-order valence-electron chi connectivity index (χ3n) is 3.60. The summed E-state index contributed by atoms with van der Waals surface area (Å²) in [4.78, 5) is 3.96. The SMILES string of the molecule is CC1(C)C=CC=C(c2ccc(C(F)(F)F)n3nc(N)nc23)C=C1. The number of nitrogens with zero attached hydrogens (tertiary/aromatic N) is 3. The van der Waals surface area contributed by atoms with E-state index in [9.17, 15) is 13.2 Å². The summed E-state index contributed by atoms with van der Waals surface area (Å²) in [6.45, 7) is 4.07. The summed E-state index contributed by atoms with van der Waals surface area (Å²) in [5.74, 6) is -0.197. The van der Waals surface area contributed by atoms with E-state index < -0.39 is 11.9 Å². The Kier molecular flexibility index (Phi) is 3.31. The van der Waals surface area contributed by atoms with E-state index >= 15 is 0 Å². The monoisotopic (exact) mass is 320 g/mol. The molecule has 23 heavy (non-hydrogen) atoms. The summed E-state index contributed by atoms with van der Waals surface area (Å²) >= 11 is 0. The van der Waals surface area contributed by atoms with Gasteiger partial charge in [0.05, 0.1) is 0 Å². The predicted octanol–water partition coefficient (Wildman–Crippen LogP) is 3.87. The number of nitrogens with two attached hydrogens (primary N) is 1. The summed E-state index contributed by atoms with van der Waals surface area (Å²) in [6.07, 6.45) is 5.04. The first-order valence-electron chi connectivity index (χ1n) is 6.99. The lowest BCUT2D eigenvalue weighted by Crippen LogP contribution is -2.13. The zero-order valence-corrected chi connectivity index (χ0v) is 12.6. The highest BCUT2D eigenvalue weighted by molar-refractivity contribution is 5.83. The van der Waals surface area contributed by atoms with Gasteiger partial charge in [-0.1, -0.05) is 44.2 Å². The summed E-state index contributed by atoms with van der Waals surface area (Å²) in [7, 11) is 0. The number of hydrogen-bond acceptors (Lipinski definition) is 3. The third-order valence-corrected chi connectivity index (χ3v) is 3.60. The number of aromatic nitrogens is 3. The van der Waals surface area contributed by atoms with Gasteiger partial charge in [0.25, 0.3) is 0 Å². The van der Waals surface area contributed by atoms with Crippen LogP contribution in [-0.4, -0.2) is 14.6 Å². The number of anilines is 1. The van der Waals surface area contributed by atoms with Crippen molar-refractivity contribution in [1.82, 2.24) is 14.6 Å². The van der Waals surface area contributed by atoms with Gasteiger partial charge < -0.3 is 5.73 Å². The van der Waals surface area contributed by atoms with Crippen molar-refractivity contribution in [3.05, 3.63) is 53.8 Å². The topological polar surface area (TPSA) is 56.2 Å². The van der Waals surface area contributed by atoms with Crippen molar-refractivity contribution < 1.29 is 13.2 Å². The zero-order valence-electron chi connectivity index (χ0n) is 12.6. The van der Waals surface area contributed by atoms with Crippen LogP contribution < -0.4 is 5.73 Å². The first kappa shape index (κ1) is 15.3. The van der Waals surface area contributed by atoms with Crippen LogP contribution in [0.5, 0.6) is 0 Å². The minimum atomic E-state index is -4.54. The van der Waals surface area contributed by atoms with Crippen molar-refractivity contribution in [3.63, 3.8) is 0 Å². The lowest BCUT2D eigenvalue weighted by Gasteiger charge is -2.13. The van der Waals surface area contributed by atoms with E-state index in [0.29, 0.717) is 5.56 Å². The molecule has 0 fully saturated rings. The molecular weight excluding hydrogens is 305 g/mol. The molecule has 0 bridgehead atoms. The maximum absolute atomic E-state index is 13.1. The molecule has 1 aliphatic rings. The van der Waals surface area contributed by atoms with Crippen LogP contribution >= 0.6 is 0 Å². The lowest BCUT2D eigenvalue weighted by atomic mass is 9.93. The number of alkyl halides is 3. The molecule has 2 aromatic rings. The fraction of sp³-hybridized carbons (Fsp3) is 0.250. The Morgan fingerprint density at radius 1 is 1.17 bits per heavy atom. The van der Waals surface area contributed by atoms with Gasteiger partial charge in [0, 0.05) is 11.0 Å². The van der Waals surface area contributed by atoms with Gasteiger partial charge in [0.15, 0.2) is 5.65 Å². The Hall–Kier alpha value is -2.57. The van der Waals surface area contributed by atoms with E-state index in [-0.39, 0.29) is 17.0 Å². The average molecular weight is 320 g/mol. The molecule has 0 saturated heterocycles. The van der Waals surface area contributed by atoms with E-state index in [2.05, 4.69) is 10.1 Å². The summed E-state index contributed by atoms with van der Waals surface area (Å²) in [5.41, 5.74) is 5.85. The maximum atomic E-state index is 13.1. The van der Waals surface area contributed by atoms with Crippen LogP contribution in [0.3, 0.4) is 0 Å². The van der Waals surface area contributed by atoms with Crippen LogP contribution in [0.2, 0.25) is 0 Å². The van der Waals surface area contributed by atoms with E-state index in [1.807, 2.05) is 44.2 Å². The highest BCUT2D eigenvalue weighted by Gasteiger charge is 2.35. The smallest absolute Gasteiger partial charge is 0.366 e. The first-order valence-corrected chi connectivity index (χ1v) is 6.99. The van der Waals surface area contributed by atoms with E-state index in [4.69, 9.17) is 5.73 Å². The largest absolute Gasteiger partial charge is 0.433 e. The fourth-order valence-electron chi connectivity index (χ4n) is 2.41. The molecular formula is C16H15F3N4. The predicted molar refractivity (Wildman–Crippen MR) is 82.4 cm³/mol. The molecule has 0 saturated carbocycles. The second-order valence-corrected chi connectivity index (χ2v) is 5.97. The Balaban J connectivity index is 2.21. The van der Waals surface area contributed by atoms with Crippen molar-refractivity contribution in [2.45, 2.75) is 20.0 Å². The van der Waals surface area contributed by atoms with Crippen LogP contribution in [-0.2, 0) is 6.18 Å². The van der Waals surface area contributed by atoms with E-state index in [0.717, 1.165) is 16.2 Å². The minimum absolute atomic E-state index is 0.0846. The summed E-state index contributed by atoms with van der Waals surface area (Å²) in [6, 6.07) is 2.39. The van der Waals surface area contributed by atoms with Gasteiger partial charge in [0.1, 0.15) is 5.69 Å². The van der Waals surface area contributed by atoms with E-state index in [1.165, 1.54) is 6.07 Å². The fourth-order valence-corrected chi connectivity index (χ4v) is 2.41.